The molecule has 6 heteroatoms. The Bertz CT molecular complexity index is 419. The van der Waals surface area contributed by atoms with Gasteiger partial charge in [0.2, 0.25) is 0 Å². The molecule has 1 saturated carbocycles. The fourth-order valence-corrected chi connectivity index (χ4v) is 1.86. The minimum atomic E-state index is -1.08. The normalized spacial score (nSPS) is 23.6. The van der Waals surface area contributed by atoms with E-state index >= 15 is 0 Å². The van der Waals surface area contributed by atoms with E-state index in [0.717, 1.165) is 0 Å². The number of aromatic carboxylic acids is 1. The van der Waals surface area contributed by atoms with Gasteiger partial charge in [-0.25, -0.2) is 9.78 Å². The average Bonchev–Trinajstić information content (AvgIpc) is 2.18. The number of hydrogen-bond acceptors (Lipinski definition) is 4. The van der Waals surface area contributed by atoms with Gasteiger partial charge in [-0.3, -0.25) is 0 Å². The number of aromatic nitrogens is 1. The monoisotopic (exact) mass is 242 g/mol. The van der Waals surface area contributed by atoms with Gasteiger partial charge >= 0.3 is 5.97 Å². The third-order valence-electron chi connectivity index (χ3n) is 2.57. The second kappa shape index (κ2) is 4.27. The zero-order chi connectivity index (χ0) is 11.7. The Morgan fingerprint density at radius 2 is 2.25 bits per heavy atom. The van der Waals surface area contributed by atoms with Crippen molar-refractivity contribution in [3.8, 4) is 0 Å². The second-order valence-electron chi connectivity index (χ2n) is 3.79. The van der Waals surface area contributed by atoms with Crippen molar-refractivity contribution in [2.24, 2.45) is 0 Å². The Morgan fingerprint density at radius 1 is 1.56 bits per heavy atom. The van der Waals surface area contributed by atoms with Crippen LogP contribution in [0.1, 0.15) is 23.2 Å². The fourth-order valence-electron chi connectivity index (χ4n) is 1.61. The maximum Gasteiger partial charge on any atom is 0.337 e. The Hall–Kier alpha value is -1.33. The highest BCUT2D eigenvalue weighted by atomic mass is 35.5. The number of carboxylic acids is 1. The van der Waals surface area contributed by atoms with Gasteiger partial charge in [0, 0.05) is 12.2 Å². The summed E-state index contributed by atoms with van der Waals surface area (Å²) in [6, 6.07) is 1.47. The minimum absolute atomic E-state index is 0.0269. The van der Waals surface area contributed by atoms with Gasteiger partial charge in [0.1, 0.15) is 5.82 Å². The smallest absolute Gasteiger partial charge is 0.337 e. The van der Waals surface area contributed by atoms with E-state index in [1.807, 2.05) is 0 Å². The second-order valence-corrected chi connectivity index (χ2v) is 4.17. The Labute approximate surface area is 97.1 Å². The summed E-state index contributed by atoms with van der Waals surface area (Å²) in [7, 11) is 0. The SMILES string of the molecule is O=C(O)c1ccnc(NC2CC(O)C2)c1Cl. The molecule has 1 fully saturated rings. The van der Waals surface area contributed by atoms with Crippen LogP contribution >= 0.6 is 11.6 Å². The molecule has 3 N–H and O–H groups in total. The number of nitrogens with one attached hydrogen (secondary N) is 1. The molecular weight excluding hydrogens is 232 g/mol. The summed E-state index contributed by atoms with van der Waals surface area (Å²) >= 11 is 5.90. The van der Waals surface area contributed by atoms with E-state index in [-0.39, 0.29) is 22.7 Å². The van der Waals surface area contributed by atoms with Gasteiger partial charge in [0.15, 0.2) is 0 Å². The number of carboxylic acid groups (broad SMARTS) is 1. The number of nitrogens with zero attached hydrogens (tertiary/aromatic N) is 1. The molecule has 86 valence electrons. The van der Waals surface area contributed by atoms with E-state index in [9.17, 15) is 4.79 Å². The largest absolute Gasteiger partial charge is 0.478 e. The molecule has 0 aromatic carbocycles. The van der Waals surface area contributed by atoms with E-state index in [2.05, 4.69) is 10.3 Å². The van der Waals surface area contributed by atoms with Gasteiger partial charge < -0.3 is 15.5 Å². The van der Waals surface area contributed by atoms with Crippen LogP contribution < -0.4 is 5.32 Å². The predicted molar refractivity (Wildman–Crippen MR) is 58.9 cm³/mol. The lowest BCUT2D eigenvalue weighted by atomic mass is 9.89. The minimum Gasteiger partial charge on any atom is -0.478 e. The van der Waals surface area contributed by atoms with Gasteiger partial charge in [-0.2, -0.15) is 0 Å². The first-order valence-electron chi connectivity index (χ1n) is 4.90. The molecule has 1 aromatic rings. The summed E-state index contributed by atoms with van der Waals surface area (Å²) in [5.74, 6) is -0.720. The van der Waals surface area contributed by atoms with Gasteiger partial charge in [-0.15, -0.1) is 0 Å². The van der Waals surface area contributed by atoms with Crippen molar-refractivity contribution in [1.29, 1.82) is 0 Å². The van der Waals surface area contributed by atoms with Crippen LogP contribution in [0.3, 0.4) is 0 Å². The molecule has 1 aliphatic carbocycles. The number of aliphatic hydroxyl groups excluding tert-OH is 1. The first-order chi connectivity index (χ1) is 7.58. The van der Waals surface area contributed by atoms with Crippen LogP contribution in [0.2, 0.25) is 5.02 Å². The van der Waals surface area contributed by atoms with Crippen molar-refractivity contribution in [1.82, 2.24) is 4.98 Å². The molecule has 1 aromatic heterocycles. The standard InChI is InChI=1S/C10H11ClN2O3/c11-8-7(10(15)16)1-2-12-9(8)13-5-3-6(14)4-5/h1-2,5-6,14H,3-4H2,(H,12,13)(H,15,16). The van der Waals surface area contributed by atoms with Crippen molar-refractivity contribution in [2.45, 2.75) is 25.0 Å². The maximum atomic E-state index is 10.8. The van der Waals surface area contributed by atoms with Crippen LogP contribution in [0.25, 0.3) is 0 Å². The van der Waals surface area contributed by atoms with Crippen LogP contribution in [0.5, 0.6) is 0 Å². The Kier molecular flexibility index (Phi) is 2.98. The van der Waals surface area contributed by atoms with Crippen LogP contribution in [0, 0.1) is 0 Å². The number of pyridine rings is 1. The van der Waals surface area contributed by atoms with Crippen molar-refractivity contribution >= 4 is 23.4 Å². The summed E-state index contributed by atoms with van der Waals surface area (Å²) in [4.78, 5) is 14.8. The van der Waals surface area contributed by atoms with Crippen molar-refractivity contribution in [3.05, 3.63) is 22.8 Å². The molecule has 16 heavy (non-hydrogen) atoms. The summed E-state index contributed by atoms with van der Waals surface area (Å²) < 4.78 is 0. The van der Waals surface area contributed by atoms with Gasteiger partial charge in [0.25, 0.3) is 0 Å². The van der Waals surface area contributed by atoms with Gasteiger partial charge in [-0.1, -0.05) is 11.6 Å². The van der Waals surface area contributed by atoms with Crippen molar-refractivity contribution in [3.63, 3.8) is 0 Å². The fraction of sp³-hybridized carbons (Fsp3) is 0.400. The lowest BCUT2D eigenvalue weighted by Gasteiger charge is -2.32. The molecule has 1 heterocycles. The molecule has 0 aliphatic heterocycles. The van der Waals surface area contributed by atoms with Crippen molar-refractivity contribution in [2.75, 3.05) is 5.32 Å². The summed E-state index contributed by atoms with van der Waals surface area (Å²) in [6.45, 7) is 0. The highest BCUT2D eigenvalue weighted by molar-refractivity contribution is 6.35. The average molecular weight is 243 g/mol. The molecule has 0 spiro atoms. The number of anilines is 1. The number of carbonyl (C=O) groups is 1. The number of aliphatic hydroxyl groups is 1. The highest BCUT2D eigenvalue weighted by Gasteiger charge is 2.28. The highest BCUT2D eigenvalue weighted by Crippen LogP contribution is 2.28. The molecule has 0 unspecified atom stereocenters. The summed E-state index contributed by atoms with van der Waals surface area (Å²) in [6.07, 6.45) is 2.39. The van der Waals surface area contributed by atoms with Crippen LogP contribution in [0.15, 0.2) is 12.3 Å². The number of halogens is 1. The van der Waals surface area contributed by atoms with Gasteiger partial charge in [-0.05, 0) is 18.9 Å². The summed E-state index contributed by atoms with van der Waals surface area (Å²) in [5.41, 5.74) is 0.0269. The number of hydrogen-bond donors (Lipinski definition) is 3. The lowest BCUT2D eigenvalue weighted by molar-refractivity contribution is 0.0696. The molecule has 5 nitrogen and oxygen atoms in total. The third-order valence-corrected chi connectivity index (χ3v) is 2.96. The molecule has 0 radical (unpaired) electrons. The molecule has 0 bridgehead atoms. The zero-order valence-corrected chi connectivity index (χ0v) is 9.11. The lowest BCUT2D eigenvalue weighted by Crippen LogP contribution is -2.39. The van der Waals surface area contributed by atoms with Crippen molar-refractivity contribution < 1.29 is 15.0 Å². The molecule has 2 rings (SSSR count). The zero-order valence-electron chi connectivity index (χ0n) is 8.35. The topological polar surface area (TPSA) is 82.5 Å². The molecule has 1 aliphatic rings. The third kappa shape index (κ3) is 2.10. The van der Waals surface area contributed by atoms with Crippen LogP contribution in [0.4, 0.5) is 5.82 Å². The first kappa shape index (κ1) is 11.2. The van der Waals surface area contributed by atoms with Crippen LogP contribution in [-0.4, -0.2) is 33.3 Å². The van der Waals surface area contributed by atoms with E-state index in [1.54, 1.807) is 0 Å². The first-order valence-corrected chi connectivity index (χ1v) is 5.28. The van der Waals surface area contributed by atoms with Crippen LogP contribution in [-0.2, 0) is 0 Å². The molecular formula is C10H11ClN2O3. The van der Waals surface area contributed by atoms with E-state index < -0.39 is 5.97 Å². The molecule has 0 amide bonds. The van der Waals surface area contributed by atoms with Gasteiger partial charge in [0.05, 0.1) is 16.7 Å². The predicted octanol–water partition coefficient (Wildman–Crippen LogP) is 1.37. The Morgan fingerprint density at radius 3 is 2.81 bits per heavy atom. The number of rotatable bonds is 3. The van der Waals surface area contributed by atoms with E-state index in [0.29, 0.717) is 18.7 Å². The maximum absolute atomic E-state index is 10.8. The molecule has 0 atom stereocenters. The summed E-state index contributed by atoms with van der Waals surface area (Å²) in [5, 5.41) is 21.1. The quantitative estimate of drug-likeness (QED) is 0.746. The Balaban J connectivity index is 2.15. The molecule has 0 saturated heterocycles. The van der Waals surface area contributed by atoms with E-state index in [4.69, 9.17) is 21.8 Å². The van der Waals surface area contributed by atoms with E-state index in [1.165, 1.54) is 12.3 Å².